The lowest BCUT2D eigenvalue weighted by Gasteiger charge is -2.28. The van der Waals surface area contributed by atoms with E-state index < -0.39 is 34.6 Å². The van der Waals surface area contributed by atoms with Gasteiger partial charge in [-0.05, 0) is 0 Å². The number of allylic oxidation sites excluding steroid dienone is 2. The van der Waals surface area contributed by atoms with Crippen LogP contribution in [0.5, 0.6) is 0 Å². The molecule has 1 aliphatic carbocycles. The van der Waals surface area contributed by atoms with Crippen molar-refractivity contribution in [3.63, 3.8) is 0 Å². The van der Waals surface area contributed by atoms with Crippen LogP contribution in [-0.4, -0.2) is 22.9 Å². The molecule has 0 heterocycles. The van der Waals surface area contributed by atoms with Crippen molar-refractivity contribution in [3.05, 3.63) is 11.7 Å². The van der Waals surface area contributed by atoms with Crippen LogP contribution >= 0.6 is 0 Å². The van der Waals surface area contributed by atoms with Crippen molar-refractivity contribution in [2.75, 3.05) is 0 Å². The van der Waals surface area contributed by atoms with Crippen molar-refractivity contribution in [3.8, 4) is 12.1 Å². The van der Waals surface area contributed by atoms with Gasteiger partial charge in [-0.2, -0.15) is 19.3 Å². The molecule has 0 radical (unpaired) electrons. The predicted octanol–water partition coefficient (Wildman–Crippen LogP) is 0.753. The quantitative estimate of drug-likeness (QED) is 0.577. The van der Waals surface area contributed by atoms with Gasteiger partial charge in [0.25, 0.3) is 11.6 Å². The first-order chi connectivity index (χ1) is 7.26. The first kappa shape index (κ1) is 11.9. The van der Waals surface area contributed by atoms with Gasteiger partial charge in [-0.1, -0.05) is 0 Å². The lowest BCUT2D eigenvalue weighted by molar-refractivity contribution is -0.145. The second-order valence-corrected chi connectivity index (χ2v) is 2.83. The summed E-state index contributed by atoms with van der Waals surface area (Å²) < 4.78 is 52.2. The third-order valence-corrected chi connectivity index (χ3v) is 2.00. The van der Waals surface area contributed by atoms with Crippen LogP contribution in [0.15, 0.2) is 11.7 Å². The number of nitriles is 2. The smallest absolute Gasteiger partial charge is 0.286 e. The lowest BCUT2D eigenvalue weighted by Crippen LogP contribution is -2.59. The molecule has 0 aromatic heterocycles. The van der Waals surface area contributed by atoms with E-state index in [4.69, 9.17) is 10.5 Å². The molecule has 0 aromatic carbocycles. The maximum absolute atomic E-state index is 13.4. The Bertz CT molecular complexity index is 469. The Morgan fingerprint density at radius 3 is 1.31 bits per heavy atom. The molecule has 0 N–H and O–H groups in total. The summed E-state index contributed by atoms with van der Waals surface area (Å²) >= 11 is 0. The van der Waals surface area contributed by atoms with Crippen LogP contribution in [0.2, 0.25) is 0 Å². The van der Waals surface area contributed by atoms with Gasteiger partial charge in [-0.25, -0.2) is 8.78 Å². The topological polar surface area (TPSA) is 81.7 Å². The SMILES string of the molecule is N#CC1(F)C(=O)C(F)=C(F)C(=O)C1(F)C#N. The second kappa shape index (κ2) is 3.14. The summed E-state index contributed by atoms with van der Waals surface area (Å²) in [6, 6.07) is 0.755. The molecule has 1 aliphatic rings. The molecule has 0 saturated heterocycles. The van der Waals surface area contributed by atoms with Crippen molar-refractivity contribution in [2.24, 2.45) is 0 Å². The van der Waals surface area contributed by atoms with Crippen LogP contribution in [0.4, 0.5) is 17.6 Å². The number of hydrogen-bond donors (Lipinski definition) is 0. The van der Waals surface area contributed by atoms with Crippen LogP contribution in [-0.2, 0) is 9.59 Å². The van der Waals surface area contributed by atoms with Gasteiger partial charge in [-0.3, -0.25) is 9.59 Å². The normalized spacial score (nSPS) is 34.6. The number of Topliss-reactive ketones (excluding diaryl/α,β-unsaturated/α-hetero) is 2. The molecule has 0 aliphatic heterocycles. The maximum atomic E-state index is 13.4. The minimum atomic E-state index is -4.38. The van der Waals surface area contributed by atoms with E-state index in [1.807, 2.05) is 0 Å². The predicted molar refractivity (Wildman–Crippen MR) is 38.2 cm³/mol. The van der Waals surface area contributed by atoms with Crippen LogP contribution in [0.1, 0.15) is 0 Å². The van der Waals surface area contributed by atoms with E-state index in [1.165, 1.54) is 0 Å². The monoisotopic (exact) mass is 232 g/mol. The zero-order valence-corrected chi connectivity index (χ0v) is 7.22. The molecule has 1 rings (SSSR count). The summed E-state index contributed by atoms with van der Waals surface area (Å²) in [5.41, 5.74) is -8.75. The van der Waals surface area contributed by atoms with Crippen LogP contribution in [0, 0.1) is 22.7 Å². The summed E-state index contributed by atoms with van der Waals surface area (Å²) in [5, 5.41) is 16.4. The van der Waals surface area contributed by atoms with Crippen molar-refractivity contribution in [1.29, 1.82) is 10.5 Å². The van der Waals surface area contributed by atoms with E-state index in [0.29, 0.717) is 12.1 Å². The lowest BCUT2D eigenvalue weighted by atomic mass is 9.76. The number of carbonyl (C=O) groups is 2. The average molecular weight is 232 g/mol. The van der Waals surface area contributed by atoms with Crippen molar-refractivity contribution in [1.82, 2.24) is 0 Å². The zero-order valence-electron chi connectivity index (χ0n) is 7.22. The Hall–Kier alpha value is -2.22. The summed E-state index contributed by atoms with van der Waals surface area (Å²) in [6.07, 6.45) is 0. The van der Waals surface area contributed by atoms with Gasteiger partial charge in [-0.15, -0.1) is 0 Å². The Kier molecular flexibility index (Phi) is 2.32. The third-order valence-electron chi connectivity index (χ3n) is 2.00. The fourth-order valence-electron chi connectivity index (χ4n) is 1.07. The number of nitrogens with zero attached hydrogens (tertiary/aromatic N) is 2. The number of carbonyl (C=O) groups excluding carboxylic acids is 2. The van der Waals surface area contributed by atoms with Crippen molar-refractivity contribution >= 4 is 11.6 Å². The molecule has 82 valence electrons. The second-order valence-electron chi connectivity index (χ2n) is 2.83. The number of ketones is 2. The van der Waals surface area contributed by atoms with Gasteiger partial charge in [0.15, 0.2) is 0 Å². The highest BCUT2D eigenvalue weighted by Crippen LogP contribution is 2.41. The first-order valence-electron chi connectivity index (χ1n) is 3.61. The summed E-state index contributed by atoms with van der Waals surface area (Å²) in [7, 11) is 0. The van der Waals surface area contributed by atoms with Gasteiger partial charge >= 0.3 is 11.3 Å². The highest BCUT2D eigenvalue weighted by atomic mass is 19.2. The minimum absolute atomic E-state index is 0.378. The number of rotatable bonds is 0. The average Bonchev–Trinajstić information content (AvgIpc) is 2.31. The first-order valence-corrected chi connectivity index (χ1v) is 3.61. The van der Waals surface area contributed by atoms with Crippen LogP contribution < -0.4 is 0 Å². The third kappa shape index (κ3) is 1.01. The fourth-order valence-corrected chi connectivity index (χ4v) is 1.07. The summed E-state index contributed by atoms with van der Waals surface area (Å²) in [5.74, 6) is -10.0. The molecule has 4 nitrogen and oxygen atoms in total. The maximum Gasteiger partial charge on any atom is 0.314 e. The van der Waals surface area contributed by atoms with E-state index in [0.717, 1.165) is 0 Å². The Morgan fingerprint density at radius 1 is 0.875 bits per heavy atom. The van der Waals surface area contributed by atoms with Crippen LogP contribution in [0.3, 0.4) is 0 Å². The van der Waals surface area contributed by atoms with Gasteiger partial charge in [0.05, 0.1) is 0 Å². The van der Waals surface area contributed by atoms with Crippen molar-refractivity contribution < 1.29 is 27.2 Å². The standard InChI is InChI=1S/C8F4N2O2/c9-3-4(10)6(16)8(12,2-14)7(11,1-13)5(3)15. The largest absolute Gasteiger partial charge is 0.314 e. The number of halogens is 4. The minimum Gasteiger partial charge on any atom is -0.286 e. The molecule has 2 unspecified atom stereocenters. The van der Waals surface area contributed by atoms with E-state index >= 15 is 0 Å². The zero-order chi connectivity index (χ0) is 12.7. The van der Waals surface area contributed by atoms with E-state index in [9.17, 15) is 27.2 Å². The molecule has 2 atom stereocenters. The molecule has 0 spiro atoms. The Morgan fingerprint density at radius 2 is 1.12 bits per heavy atom. The highest BCUT2D eigenvalue weighted by molar-refractivity contribution is 6.20. The molecule has 0 fully saturated rings. The van der Waals surface area contributed by atoms with Crippen molar-refractivity contribution in [2.45, 2.75) is 11.3 Å². The molecule has 8 heteroatoms. The Labute approximate surface area is 85.4 Å². The molecular weight excluding hydrogens is 232 g/mol. The summed E-state index contributed by atoms with van der Waals surface area (Å²) in [4.78, 5) is 21.6. The van der Waals surface area contributed by atoms with Gasteiger partial charge in [0, 0.05) is 0 Å². The van der Waals surface area contributed by atoms with Gasteiger partial charge in [0.1, 0.15) is 12.1 Å². The van der Waals surface area contributed by atoms with Gasteiger partial charge < -0.3 is 0 Å². The van der Waals surface area contributed by atoms with E-state index in [2.05, 4.69) is 0 Å². The molecule has 16 heavy (non-hydrogen) atoms. The van der Waals surface area contributed by atoms with E-state index in [-0.39, 0.29) is 0 Å². The molecule has 0 bridgehead atoms. The molecule has 0 aromatic rings. The molecular formula is C8F4N2O2. The number of hydrogen-bond acceptors (Lipinski definition) is 4. The van der Waals surface area contributed by atoms with E-state index in [1.54, 1.807) is 0 Å². The Balaban J connectivity index is 3.69. The summed E-state index contributed by atoms with van der Waals surface area (Å²) in [6.45, 7) is 0. The highest BCUT2D eigenvalue weighted by Gasteiger charge is 2.70. The molecule has 0 amide bonds. The van der Waals surface area contributed by atoms with Crippen LogP contribution in [0.25, 0.3) is 0 Å². The number of alkyl halides is 2. The molecule has 0 saturated carbocycles. The van der Waals surface area contributed by atoms with Gasteiger partial charge in [0.2, 0.25) is 11.7 Å². The fraction of sp³-hybridized carbons (Fsp3) is 0.250.